The molecule has 1 aliphatic rings. The first-order valence-corrected chi connectivity index (χ1v) is 6.79. The Morgan fingerprint density at radius 1 is 1.71 bits per heavy atom. The molecule has 0 amide bonds. The molecule has 0 saturated heterocycles. The van der Waals surface area contributed by atoms with E-state index in [9.17, 15) is 4.79 Å². The van der Waals surface area contributed by atoms with E-state index in [2.05, 4.69) is 43.0 Å². The van der Waals surface area contributed by atoms with E-state index in [0.717, 1.165) is 23.7 Å². The van der Waals surface area contributed by atoms with Gasteiger partial charge in [-0.1, -0.05) is 48.6 Å². The standard InChI is InChI=1S/C12H19IO/c1-9(8-13)10(2)12(3)6-4-5-11(14)7-12/h9H,2,4-8H2,1,3H3/t9-,12+/m1/s1. The van der Waals surface area contributed by atoms with E-state index in [1.165, 1.54) is 5.57 Å². The number of alkyl halides is 1. The van der Waals surface area contributed by atoms with Gasteiger partial charge >= 0.3 is 0 Å². The molecule has 1 saturated carbocycles. The number of rotatable bonds is 3. The molecule has 2 heteroatoms. The van der Waals surface area contributed by atoms with Crippen molar-refractivity contribution in [3.63, 3.8) is 0 Å². The van der Waals surface area contributed by atoms with E-state index < -0.39 is 0 Å². The summed E-state index contributed by atoms with van der Waals surface area (Å²) in [5, 5.41) is 0. The van der Waals surface area contributed by atoms with Gasteiger partial charge in [-0.05, 0) is 24.2 Å². The van der Waals surface area contributed by atoms with Crippen molar-refractivity contribution < 1.29 is 4.79 Å². The second-order valence-electron chi connectivity index (χ2n) is 4.71. The summed E-state index contributed by atoms with van der Waals surface area (Å²) < 4.78 is 1.10. The predicted octanol–water partition coefficient (Wildman–Crippen LogP) is 3.76. The van der Waals surface area contributed by atoms with Gasteiger partial charge in [-0.3, -0.25) is 4.79 Å². The minimum Gasteiger partial charge on any atom is -0.300 e. The zero-order valence-corrected chi connectivity index (χ0v) is 11.3. The lowest BCUT2D eigenvalue weighted by Crippen LogP contribution is -2.30. The second kappa shape index (κ2) is 4.77. The monoisotopic (exact) mass is 306 g/mol. The van der Waals surface area contributed by atoms with Gasteiger partial charge in [0.15, 0.2) is 0 Å². The van der Waals surface area contributed by atoms with E-state index >= 15 is 0 Å². The number of hydrogen-bond acceptors (Lipinski definition) is 1. The van der Waals surface area contributed by atoms with Crippen LogP contribution in [0.4, 0.5) is 0 Å². The molecular formula is C12H19IO. The average Bonchev–Trinajstić information content (AvgIpc) is 2.15. The molecule has 1 fully saturated rings. The fourth-order valence-electron chi connectivity index (χ4n) is 2.25. The van der Waals surface area contributed by atoms with Gasteiger partial charge in [0.2, 0.25) is 0 Å². The summed E-state index contributed by atoms with van der Waals surface area (Å²) >= 11 is 2.39. The molecule has 0 N–H and O–H groups in total. The maximum Gasteiger partial charge on any atom is 0.133 e. The third-order valence-corrected chi connectivity index (χ3v) is 4.69. The minimum absolute atomic E-state index is 0.0833. The van der Waals surface area contributed by atoms with E-state index in [0.29, 0.717) is 18.1 Å². The highest BCUT2D eigenvalue weighted by Gasteiger charge is 2.35. The van der Waals surface area contributed by atoms with Gasteiger partial charge in [-0.15, -0.1) is 0 Å². The smallest absolute Gasteiger partial charge is 0.133 e. The molecule has 14 heavy (non-hydrogen) atoms. The molecule has 0 heterocycles. The number of ketones is 1. The Morgan fingerprint density at radius 3 is 2.86 bits per heavy atom. The van der Waals surface area contributed by atoms with Gasteiger partial charge < -0.3 is 0 Å². The van der Waals surface area contributed by atoms with Crippen molar-refractivity contribution in [2.75, 3.05) is 4.43 Å². The highest BCUT2D eigenvalue weighted by molar-refractivity contribution is 14.1. The molecule has 0 radical (unpaired) electrons. The zero-order chi connectivity index (χ0) is 10.8. The molecule has 1 rings (SSSR count). The van der Waals surface area contributed by atoms with Crippen molar-refractivity contribution >= 4 is 28.4 Å². The highest BCUT2D eigenvalue weighted by atomic mass is 127. The van der Waals surface area contributed by atoms with E-state index in [-0.39, 0.29) is 5.41 Å². The Hall–Kier alpha value is 0.140. The van der Waals surface area contributed by atoms with Crippen LogP contribution in [-0.4, -0.2) is 10.2 Å². The summed E-state index contributed by atoms with van der Waals surface area (Å²) in [6.07, 6.45) is 3.68. The molecule has 0 bridgehead atoms. The van der Waals surface area contributed by atoms with Crippen LogP contribution in [0.1, 0.15) is 39.5 Å². The molecule has 0 unspecified atom stereocenters. The Labute approximate surface area is 100 Å². The lowest BCUT2D eigenvalue weighted by molar-refractivity contribution is -0.122. The van der Waals surface area contributed by atoms with Crippen LogP contribution in [0.2, 0.25) is 0 Å². The molecule has 1 nitrogen and oxygen atoms in total. The number of allylic oxidation sites excluding steroid dienone is 1. The van der Waals surface area contributed by atoms with Gasteiger partial charge in [0.05, 0.1) is 0 Å². The molecule has 0 aliphatic heterocycles. The highest BCUT2D eigenvalue weighted by Crippen LogP contribution is 2.43. The third kappa shape index (κ3) is 2.59. The lowest BCUT2D eigenvalue weighted by atomic mass is 9.68. The van der Waals surface area contributed by atoms with Crippen LogP contribution in [0, 0.1) is 11.3 Å². The molecule has 1 aliphatic carbocycles. The minimum atomic E-state index is 0.0833. The predicted molar refractivity (Wildman–Crippen MR) is 68.8 cm³/mol. The van der Waals surface area contributed by atoms with Gasteiger partial charge in [-0.25, -0.2) is 0 Å². The topological polar surface area (TPSA) is 17.1 Å². The number of carbonyl (C=O) groups is 1. The van der Waals surface area contributed by atoms with E-state index in [1.807, 2.05) is 0 Å². The Kier molecular flexibility index (Phi) is 4.16. The van der Waals surface area contributed by atoms with Crippen LogP contribution < -0.4 is 0 Å². The fraction of sp³-hybridized carbons (Fsp3) is 0.750. The fourth-order valence-corrected chi connectivity index (χ4v) is 2.78. The first-order valence-electron chi connectivity index (χ1n) is 5.26. The summed E-state index contributed by atoms with van der Waals surface area (Å²) in [5.74, 6) is 0.951. The third-order valence-electron chi connectivity index (χ3n) is 3.37. The number of carbonyl (C=O) groups excluding carboxylic acids is 1. The Morgan fingerprint density at radius 2 is 2.36 bits per heavy atom. The van der Waals surface area contributed by atoms with Crippen molar-refractivity contribution in [1.29, 1.82) is 0 Å². The largest absolute Gasteiger partial charge is 0.300 e. The van der Waals surface area contributed by atoms with E-state index in [1.54, 1.807) is 0 Å². The maximum absolute atomic E-state index is 11.5. The van der Waals surface area contributed by atoms with Crippen molar-refractivity contribution in [2.24, 2.45) is 11.3 Å². The number of halogens is 1. The van der Waals surface area contributed by atoms with Gasteiger partial charge in [0.25, 0.3) is 0 Å². The van der Waals surface area contributed by atoms with E-state index in [4.69, 9.17) is 0 Å². The number of Topliss-reactive ketones (excluding diaryl/α,β-unsaturated/α-hetero) is 1. The summed E-state index contributed by atoms with van der Waals surface area (Å²) in [4.78, 5) is 11.5. The second-order valence-corrected chi connectivity index (χ2v) is 5.59. The van der Waals surface area contributed by atoms with Crippen molar-refractivity contribution in [1.82, 2.24) is 0 Å². The van der Waals surface area contributed by atoms with Crippen LogP contribution in [-0.2, 0) is 4.79 Å². The first-order chi connectivity index (χ1) is 6.49. The van der Waals surface area contributed by atoms with Crippen LogP contribution in [0.3, 0.4) is 0 Å². The SMILES string of the molecule is C=C([C@H](C)CI)[C@@]1(C)CCCC(=O)C1. The van der Waals surface area contributed by atoms with Crippen molar-refractivity contribution in [3.05, 3.63) is 12.2 Å². The molecular weight excluding hydrogens is 287 g/mol. The Bertz CT molecular complexity index is 247. The lowest BCUT2D eigenvalue weighted by Gasteiger charge is -2.37. The van der Waals surface area contributed by atoms with Gasteiger partial charge in [-0.2, -0.15) is 0 Å². The van der Waals surface area contributed by atoms with Gasteiger partial charge in [0, 0.05) is 17.3 Å². The first kappa shape index (κ1) is 12.2. The van der Waals surface area contributed by atoms with Gasteiger partial charge in [0.1, 0.15) is 5.78 Å². The normalized spacial score (nSPS) is 30.1. The number of hydrogen-bond donors (Lipinski definition) is 0. The van der Waals surface area contributed by atoms with Crippen molar-refractivity contribution in [3.8, 4) is 0 Å². The van der Waals surface area contributed by atoms with Crippen LogP contribution in [0.5, 0.6) is 0 Å². The molecule has 0 aromatic carbocycles. The van der Waals surface area contributed by atoms with Crippen LogP contribution >= 0.6 is 22.6 Å². The van der Waals surface area contributed by atoms with Crippen LogP contribution in [0.15, 0.2) is 12.2 Å². The summed E-state index contributed by atoms with van der Waals surface area (Å²) in [5.41, 5.74) is 1.36. The molecule has 80 valence electrons. The molecule has 0 spiro atoms. The molecule has 0 aromatic rings. The zero-order valence-electron chi connectivity index (χ0n) is 9.11. The summed E-state index contributed by atoms with van der Waals surface area (Å²) in [7, 11) is 0. The Balaban J connectivity index is 2.72. The van der Waals surface area contributed by atoms with Crippen LogP contribution in [0.25, 0.3) is 0 Å². The summed E-state index contributed by atoms with van der Waals surface area (Å²) in [6, 6.07) is 0. The maximum atomic E-state index is 11.5. The molecule has 2 atom stereocenters. The molecule has 0 aromatic heterocycles. The summed E-state index contributed by atoms with van der Waals surface area (Å²) in [6.45, 7) is 8.61. The van der Waals surface area contributed by atoms with Crippen molar-refractivity contribution in [2.45, 2.75) is 39.5 Å². The quantitative estimate of drug-likeness (QED) is 0.441. The average molecular weight is 306 g/mol.